The van der Waals surface area contributed by atoms with Gasteiger partial charge in [-0.15, -0.1) is 0 Å². The Hall–Kier alpha value is -4.00. The van der Waals surface area contributed by atoms with E-state index >= 15 is 0 Å². The van der Waals surface area contributed by atoms with E-state index in [1.165, 1.54) is 10.6 Å². The highest BCUT2D eigenvalue weighted by Crippen LogP contribution is 2.25. The predicted molar refractivity (Wildman–Crippen MR) is 105 cm³/mol. The highest BCUT2D eigenvalue weighted by molar-refractivity contribution is 5.87. The van der Waals surface area contributed by atoms with Crippen molar-refractivity contribution in [3.8, 4) is 17.1 Å². The van der Waals surface area contributed by atoms with Crippen LogP contribution in [0.2, 0.25) is 0 Å². The maximum absolute atomic E-state index is 12.5. The van der Waals surface area contributed by atoms with Gasteiger partial charge in [-0.05, 0) is 12.1 Å². The van der Waals surface area contributed by atoms with E-state index in [4.69, 9.17) is 4.74 Å². The summed E-state index contributed by atoms with van der Waals surface area (Å²) in [6.07, 6.45) is 3.51. The van der Waals surface area contributed by atoms with Gasteiger partial charge in [-0.3, -0.25) is 14.9 Å². The second-order valence-corrected chi connectivity index (χ2v) is 6.30. The number of H-pyrrole nitrogens is 1. The number of pyridine rings is 1. The van der Waals surface area contributed by atoms with Gasteiger partial charge in [0, 0.05) is 34.8 Å². The highest BCUT2D eigenvalue weighted by Gasteiger charge is 2.10. The summed E-state index contributed by atoms with van der Waals surface area (Å²) in [5, 5.41) is 4.94. The average molecular weight is 369 g/mol. The van der Waals surface area contributed by atoms with Gasteiger partial charge in [-0.1, -0.05) is 42.5 Å². The third-order valence-electron chi connectivity index (χ3n) is 4.45. The van der Waals surface area contributed by atoms with Crippen molar-refractivity contribution in [2.45, 2.75) is 6.61 Å². The molecule has 0 aliphatic carbocycles. The maximum Gasteiger partial charge on any atom is 0.274 e. The molecule has 7 nitrogen and oxygen atoms in total. The molecule has 0 atom stereocenters. The minimum Gasteiger partial charge on any atom is -0.487 e. The lowest BCUT2D eigenvalue weighted by Crippen LogP contribution is -2.16. The second kappa shape index (κ2) is 6.62. The van der Waals surface area contributed by atoms with E-state index < -0.39 is 0 Å². The number of benzene rings is 2. The van der Waals surface area contributed by atoms with Crippen molar-refractivity contribution in [2.75, 3.05) is 0 Å². The Labute approximate surface area is 159 Å². The molecule has 0 saturated carbocycles. The second-order valence-electron chi connectivity index (χ2n) is 6.30. The van der Waals surface area contributed by atoms with Crippen LogP contribution in [0, 0.1) is 0 Å². The fourth-order valence-corrected chi connectivity index (χ4v) is 3.10. The number of ether oxygens (including phenoxy) is 1. The van der Waals surface area contributed by atoms with Gasteiger partial charge in [0.1, 0.15) is 12.4 Å². The molecule has 5 rings (SSSR count). The zero-order chi connectivity index (χ0) is 18.9. The number of rotatable bonds is 4. The van der Waals surface area contributed by atoms with Gasteiger partial charge >= 0.3 is 0 Å². The van der Waals surface area contributed by atoms with E-state index in [2.05, 4.69) is 20.1 Å². The fraction of sp³-hybridized carbons (Fsp3) is 0.0476. The van der Waals surface area contributed by atoms with Crippen LogP contribution in [0.25, 0.3) is 27.9 Å². The molecule has 0 radical (unpaired) electrons. The third kappa shape index (κ3) is 2.88. The summed E-state index contributed by atoms with van der Waals surface area (Å²) in [4.78, 5) is 25.5. The lowest BCUT2D eigenvalue weighted by atomic mass is 10.1. The monoisotopic (exact) mass is 369 g/mol. The van der Waals surface area contributed by atoms with Crippen molar-refractivity contribution < 1.29 is 4.74 Å². The largest absolute Gasteiger partial charge is 0.487 e. The lowest BCUT2D eigenvalue weighted by molar-refractivity contribution is 0.305. The first kappa shape index (κ1) is 16.2. The summed E-state index contributed by atoms with van der Waals surface area (Å²) in [6.45, 7) is 0.167. The minimum absolute atomic E-state index is 0.167. The molecule has 28 heavy (non-hydrogen) atoms. The molecule has 0 aliphatic heterocycles. The van der Waals surface area contributed by atoms with Crippen LogP contribution < -0.4 is 10.3 Å². The summed E-state index contributed by atoms with van der Waals surface area (Å²) in [6, 6.07) is 18.7. The topological polar surface area (TPSA) is 85.2 Å². The van der Waals surface area contributed by atoms with Crippen molar-refractivity contribution in [1.29, 1.82) is 0 Å². The van der Waals surface area contributed by atoms with Crippen LogP contribution in [-0.2, 0) is 6.61 Å². The highest BCUT2D eigenvalue weighted by atomic mass is 16.5. The normalized spacial score (nSPS) is 11.1. The van der Waals surface area contributed by atoms with Crippen LogP contribution >= 0.6 is 0 Å². The number of nitrogens with one attached hydrogen (secondary N) is 1. The quantitative estimate of drug-likeness (QED) is 0.526. The number of fused-ring (bicyclic) bond motifs is 2. The Morgan fingerprint density at radius 3 is 2.79 bits per heavy atom. The lowest BCUT2D eigenvalue weighted by Gasteiger charge is -2.08. The first-order valence-corrected chi connectivity index (χ1v) is 8.77. The molecular weight excluding hydrogens is 354 g/mol. The minimum atomic E-state index is -0.236. The van der Waals surface area contributed by atoms with E-state index in [9.17, 15) is 4.79 Å². The van der Waals surface area contributed by atoms with E-state index in [0.717, 1.165) is 16.3 Å². The molecule has 136 valence electrons. The van der Waals surface area contributed by atoms with Crippen LogP contribution in [0.1, 0.15) is 5.69 Å². The Morgan fingerprint density at radius 1 is 1.00 bits per heavy atom. The summed E-state index contributed by atoms with van der Waals surface area (Å²) >= 11 is 0. The van der Waals surface area contributed by atoms with Gasteiger partial charge in [0.2, 0.25) is 0 Å². The van der Waals surface area contributed by atoms with Crippen LogP contribution in [0.5, 0.6) is 5.75 Å². The number of aromatic nitrogens is 5. The molecule has 1 N–H and O–H groups in total. The number of aromatic amines is 1. The molecule has 0 fully saturated rings. The van der Waals surface area contributed by atoms with Gasteiger partial charge in [0.05, 0.1) is 5.69 Å². The van der Waals surface area contributed by atoms with Crippen LogP contribution in [0.3, 0.4) is 0 Å². The summed E-state index contributed by atoms with van der Waals surface area (Å²) in [5.41, 5.74) is 1.16. The van der Waals surface area contributed by atoms with E-state index in [0.29, 0.717) is 23.0 Å². The number of hydrogen-bond acceptors (Lipinski definition) is 5. The van der Waals surface area contributed by atoms with E-state index in [-0.39, 0.29) is 12.2 Å². The molecule has 3 aromatic heterocycles. The smallest absolute Gasteiger partial charge is 0.274 e. The van der Waals surface area contributed by atoms with Gasteiger partial charge in [0.25, 0.3) is 11.3 Å². The molecule has 0 unspecified atom stereocenters. The van der Waals surface area contributed by atoms with Gasteiger partial charge in [-0.25, -0.2) is 4.98 Å². The molecular formula is C21H15N5O2. The Bertz CT molecular complexity index is 1340. The van der Waals surface area contributed by atoms with Crippen LogP contribution in [-0.4, -0.2) is 24.6 Å². The molecule has 0 amide bonds. The molecule has 3 heterocycles. The number of nitrogens with zero attached hydrogens (tertiary/aromatic N) is 4. The fourth-order valence-electron chi connectivity index (χ4n) is 3.10. The SMILES string of the molecule is O=c1cc(COc2cccc3cnccc23)nc2nc(-c3ccccc3)[nH]n12. The van der Waals surface area contributed by atoms with Gasteiger partial charge in [-0.2, -0.15) is 9.50 Å². The Balaban J connectivity index is 1.47. The molecule has 0 saturated heterocycles. The molecule has 0 spiro atoms. The van der Waals surface area contributed by atoms with Crippen molar-refractivity contribution in [3.05, 3.63) is 89.1 Å². The van der Waals surface area contributed by atoms with E-state index in [1.54, 1.807) is 12.4 Å². The molecule has 2 aromatic carbocycles. The zero-order valence-corrected chi connectivity index (χ0v) is 14.7. The van der Waals surface area contributed by atoms with Crippen LogP contribution in [0.4, 0.5) is 0 Å². The zero-order valence-electron chi connectivity index (χ0n) is 14.7. The summed E-state index contributed by atoms with van der Waals surface area (Å²) in [5.74, 6) is 1.62. The van der Waals surface area contributed by atoms with Crippen molar-refractivity contribution in [3.63, 3.8) is 0 Å². The molecule has 0 aliphatic rings. The Kier molecular flexibility index (Phi) is 3.83. The molecule has 5 aromatic rings. The Morgan fingerprint density at radius 2 is 1.89 bits per heavy atom. The van der Waals surface area contributed by atoms with Gasteiger partial charge in [0.15, 0.2) is 5.82 Å². The predicted octanol–water partition coefficient (Wildman–Crippen LogP) is 3.21. The maximum atomic E-state index is 12.5. The first-order chi connectivity index (χ1) is 13.8. The molecule has 7 heteroatoms. The van der Waals surface area contributed by atoms with Crippen molar-refractivity contribution >= 4 is 16.6 Å². The first-order valence-electron chi connectivity index (χ1n) is 8.77. The van der Waals surface area contributed by atoms with Crippen molar-refractivity contribution in [1.82, 2.24) is 24.6 Å². The van der Waals surface area contributed by atoms with E-state index in [1.807, 2.05) is 54.6 Å². The molecule has 0 bridgehead atoms. The van der Waals surface area contributed by atoms with Gasteiger partial charge < -0.3 is 4.74 Å². The average Bonchev–Trinajstić information content (AvgIpc) is 3.18. The summed E-state index contributed by atoms with van der Waals surface area (Å²) < 4.78 is 7.25. The summed E-state index contributed by atoms with van der Waals surface area (Å²) in [7, 11) is 0. The number of hydrogen-bond donors (Lipinski definition) is 1. The standard InChI is InChI=1S/C21H15N5O2/c27-19-11-16(13-28-18-8-4-7-15-12-22-10-9-17(15)18)23-21-24-20(25-26(19)21)14-5-2-1-3-6-14/h1-12H,13H2,(H,23,24,25). The van der Waals surface area contributed by atoms with Crippen LogP contribution in [0.15, 0.2) is 77.9 Å². The third-order valence-corrected chi connectivity index (χ3v) is 4.45. The van der Waals surface area contributed by atoms with Crippen molar-refractivity contribution in [2.24, 2.45) is 0 Å².